The Morgan fingerprint density at radius 1 is 1.00 bits per heavy atom. The maximum atomic E-state index is 3.68. The van der Waals surface area contributed by atoms with E-state index >= 15 is 0 Å². The third-order valence-electron chi connectivity index (χ3n) is 4.93. The minimum Gasteiger partial charge on any atom is -0.314 e. The predicted octanol–water partition coefficient (Wildman–Crippen LogP) is 4.74. The number of nitrogens with one attached hydrogen (secondary N) is 1. The Hall–Kier alpha value is 0.1000. The number of piperazine rings is 1. The Morgan fingerprint density at radius 2 is 1.71 bits per heavy atom. The van der Waals surface area contributed by atoms with Crippen molar-refractivity contribution in [1.29, 1.82) is 0 Å². The van der Waals surface area contributed by atoms with E-state index in [0.717, 1.165) is 23.5 Å². The molecule has 1 aliphatic carbocycles. The molecule has 3 rings (SSSR count). The van der Waals surface area contributed by atoms with Crippen LogP contribution in [-0.4, -0.2) is 31.1 Å². The second-order valence-electron chi connectivity index (χ2n) is 6.30. The van der Waals surface area contributed by atoms with Crippen molar-refractivity contribution in [3.63, 3.8) is 0 Å². The normalized spacial score (nSPS) is 23.1. The molecular weight excluding hydrogens is 392 g/mol. The third kappa shape index (κ3) is 3.90. The van der Waals surface area contributed by atoms with Gasteiger partial charge in [0.2, 0.25) is 0 Å². The van der Waals surface area contributed by atoms with Crippen LogP contribution in [0.2, 0.25) is 0 Å². The van der Waals surface area contributed by atoms with Gasteiger partial charge in [0, 0.05) is 41.2 Å². The molecular formula is C17H24Br2N2. The van der Waals surface area contributed by atoms with E-state index < -0.39 is 0 Å². The van der Waals surface area contributed by atoms with Crippen LogP contribution < -0.4 is 5.32 Å². The van der Waals surface area contributed by atoms with Gasteiger partial charge < -0.3 is 5.32 Å². The van der Waals surface area contributed by atoms with Gasteiger partial charge >= 0.3 is 0 Å². The summed E-state index contributed by atoms with van der Waals surface area (Å²) in [7, 11) is 0. The molecule has 1 atom stereocenters. The molecule has 1 aliphatic heterocycles. The largest absolute Gasteiger partial charge is 0.314 e. The van der Waals surface area contributed by atoms with Crippen LogP contribution in [0.5, 0.6) is 0 Å². The van der Waals surface area contributed by atoms with Crippen LogP contribution in [0.3, 0.4) is 0 Å². The van der Waals surface area contributed by atoms with Gasteiger partial charge in [-0.1, -0.05) is 25.3 Å². The van der Waals surface area contributed by atoms with Gasteiger partial charge in [-0.25, -0.2) is 0 Å². The van der Waals surface area contributed by atoms with E-state index in [4.69, 9.17) is 0 Å². The van der Waals surface area contributed by atoms with E-state index in [9.17, 15) is 0 Å². The first-order valence-electron chi connectivity index (χ1n) is 8.15. The lowest BCUT2D eigenvalue weighted by Gasteiger charge is -2.41. The average Bonchev–Trinajstić information content (AvgIpc) is 2.53. The molecule has 1 aromatic carbocycles. The molecule has 21 heavy (non-hydrogen) atoms. The molecule has 0 unspecified atom stereocenters. The molecule has 2 aliphatic rings. The second kappa shape index (κ2) is 7.58. The summed E-state index contributed by atoms with van der Waals surface area (Å²) in [6.45, 7) is 4.60. The number of hydrogen-bond donors (Lipinski definition) is 1. The van der Waals surface area contributed by atoms with Gasteiger partial charge in [-0.05, 0) is 68.3 Å². The number of rotatable bonds is 3. The smallest absolute Gasteiger partial charge is 0.0377 e. The summed E-state index contributed by atoms with van der Waals surface area (Å²) < 4.78 is 2.32. The maximum absolute atomic E-state index is 3.68. The summed E-state index contributed by atoms with van der Waals surface area (Å²) in [6.07, 6.45) is 7.02. The Labute approximate surface area is 144 Å². The molecule has 0 radical (unpaired) electrons. The molecule has 4 heteroatoms. The zero-order valence-corrected chi connectivity index (χ0v) is 15.6. The SMILES string of the molecule is Brc1ccc([C@@H](C2CCCCC2)N2CCNCC2)cc1Br. The predicted molar refractivity (Wildman–Crippen MR) is 95.6 cm³/mol. The Balaban J connectivity index is 1.87. The Bertz CT molecular complexity index is 448. The Morgan fingerprint density at radius 3 is 2.38 bits per heavy atom. The fraction of sp³-hybridized carbons (Fsp3) is 0.647. The van der Waals surface area contributed by atoms with Gasteiger partial charge in [0.05, 0.1) is 0 Å². The molecule has 1 saturated heterocycles. The summed E-state index contributed by atoms with van der Waals surface area (Å²) >= 11 is 7.28. The van der Waals surface area contributed by atoms with Crippen molar-refractivity contribution in [2.24, 2.45) is 5.92 Å². The first-order chi connectivity index (χ1) is 10.3. The van der Waals surface area contributed by atoms with E-state index in [2.05, 4.69) is 60.3 Å². The van der Waals surface area contributed by atoms with Gasteiger partial charge in [0.25, 0.3) is 0 Å². The standard InChI is InChI=1S/C17H24Br2N2/c18-15-7-6-14(12-16(15)19)17(13-4-2-1-3-5-13)21-10-8-20-9-11-21/h6-7,12-13,17,20H,1-5,8-11H2/t17-/m1/s1. The second-order valence-corrected chi connectivity index (χ2v) is 8.01. The highest BCUT2D eigenvalue weighted by molar-refractivity contribution is 9.13. The molecule has 2 fully saturated rings. The summed E-state index contributed by atoms with van der Waals surface area (Å²) in [5.74, 6) is 0.824. The highest BCUT2D eigenvalue weighted by atomic mass is 79.9. The van der Waals surface area contributed by atoms with Crippen LogP contribution in [0.25, 0.3) is 0 Å². The van der Waals surface area contributed by atoms with Crippen molar-refractivity contribution in [2.75, 3.05) is 26.2 Å². The number of hydrogen-bond acceptors (Lipinski definition) is 2. The molecule has 1 saturated carbocycles. The molecule has 2 nitrogen and oxygen atoms in total. The van der Waals surface area contributed by atoms with E-state index in [0.29, 0.717) is 6.04 Å². The van der Waals surface area contributed by atoms with Crippen molar-refractivity contribution >= 4 is 31.9 Å². The minimum absolute atomic E-state index is 0.594. The number of halogens is 2. The molecule has 0 bridgehead atoms. The summed E-state index contributed by atoms with van der Waals surface area (Å²) in [5, 5.41) is 3.49. The van der Waals surface area contributed by atoms with Crippen molar-refractivity contribution in [3.05, 3.63) is 32.7 Å². The lowest BCUT2D eigenvalue weighted by atomic mass is 9.80. The first kappa shape index (κ1) is 16.0. The molecule has 1 aromatic rings. The van der Waals surface area contributed by atoms with Gasteiger partial charge in [-0.2, -0.15) is 0 Å². The van der Waals surface area contributed by atoms with Crippen molar-refractivity contribution < 1.29 is 0 Å². The Kier molecular flexibility index (Phi) is 5.77. The lowest BCUT2D eigenvalue weighted by Crippen LogP contribution is -2.47. The van der Waals surface area contributed by atoms with E-state index in [-0.39, 0.29) is 0 Å². The maximum Gasteiger partial charge on any atom is 0.0377 e. The summed E-state index contributed by atoms with van der Waals surface area (Å²) in [6, 6.07) is 7.43. The quantitative estimate of drug-likeness (QED) is 0.766. The van der Waals surface area contributed by atoms with Crippen molar-refractivity contribution in [3.8, 4) is 0 Å². The lowest BCUT2D eigenvalue weighted by molar-refractivity contribution is 0.103. The van der Waals surface area contributed by atoms with Crippen LogP contribution in [0.15, 0.2) is 27.1 Å². The van der Waals surface area contributed by atoms with Crippen LogP contribution in [-0.2, 0) is 0 Å². The third-order valence-corrected chi connectivity index (χ3v) is 6.81. The fourth-order valence-electron chi connectivity index (χ4n) is 3.89. The summed E-state index contributed by atoms with van der Waals surface area (Å²) in [4.78, 5) is 2.71. The van der Waals surface area contributed by atoms with Gasteiger partial charge in [-0.3, -0.25) is 4.90 Å². The summed E-state index contributed by atoms with van der Waals surface area (Å²) in [5.41, 5.74) is 1.49. The number of benzene rings is 1. The number of nitrogens with zero attached hydrogens (tertiary/aromatic N) is 1. The topological polar surface area (TPSA) is 15.3 Å². The molecule has 1 heterocycles. The van der Waals surface area contributed by atoms with Crippen LogP contribution in [0.4, 0.5) is 0 Å². The minimum atomic E-state index is 0.594. The monoisotopic (exact) mass is 414 g/mol. The van der Waals surface area contributed by atoms with Crippen LogP contribution in [0.1, 0.15) is 43.7 Å². The molecule has 116 valence electrons. The van der Waals surface area contributed by atoms with Crippen LogP contribution in [0, 0.1) is 5.92 Å². The van der Waals surface area contributed by atoms with Crippen molar-refractivity contribution in [2.45, 2.75) is 38.1 Å². The van der Waals surface area contributed by atoms with E-state index in [1.54, 1.807) is 0 Å². The molecule has 0 spiro atoms. The van der Waals surface area contributed by atoms with Crippen molar-refractivity contribution in [1.82, 2.24) is 10.2 Å². The average molecular weight is 416 g/mol. The molecule has 0 amide bonds. The van der Waals surface area contributed by atoms with Crippen LogP contribution >= 0.6 is 31.9 Å². The first-order valence-corrected chi connectivity index (χ1v) is 9.74. The van der Waals surface area contributed by atoms with E-state index in [1.165, 1.54) is 55.2 Å². The molecule has 1 N–H and O–H groups in total. The highest BCUT2D eigenvalue weighted by Gasteiger charge is 2.31. The highest BCUT2D eigenvalue weighted by Crippen LogP contribution is 2.40. The molecule has 0 aromatic heterocycles. The van der Waals surface area contributed by atoms with Gasteiger partial charge in [-0.15, -0.1) is 0 Å². The zero-order chi connectivity index (χ0) is 14.7. The van der Waals surface area contributed by atoms with Gasteiger partial charge in [0.15, 0.2) is 0 Å². The fourth-order valence-corrected chi connectivity index (χ4v) is 4.53. The van der Waals surface area contributed by atoms with Gasteiger partial charge in [0.1, 0.15) is 0 Å². The van der Waals surface area contributed by atoms with E-state index in [1.807, 2.05) is 0 Å². The zero-order valence-electron chi connectivity index (χ0n) is 12.5.